The van der Waals surface area contributed by atoms with Gasteiger partial charge in [-0.25, -0.2) is 0 Å². The molecule has 2 N–H and O–H groups in total. The molecule has 20 heavy (non-hydrogen) atoms. The summed E-state index contributed by atoms with van der Waals surface area (Å²) in [6.07, 6.45) is 5.58. The molecule has 0 unspecified atom stereocenters. The van der Waals surface area contributed by atoms with Crippen LogP contribution in [0, 0.1) is 17.8 Å². The van der Waals surface area contributed by atoms with Crippen molar-refractivity contribution in [3.8, 4) is 11.8 Å². The van der Waals surface area contributed by atoms with Gasteiger partial charge in [-0.05, 0) is 24.8 Å². The molecule has 5 nitrogen and oxygen atoms in total. The third-order valence-electron chi connectivity index (χ3n) is 2.95. The molecule has 5 heteroatoms. The van der Waals surface area contributed by atoms with Crippen molar-refractivity contribution in [1.82, 2.24) is 10.3 Å². The first-order chi connectivity index (χ1) is 9.81. The molecule has 1 aliphatic rings. The van der Waals surface area contributed by atoms with Gasteiger partial charge >= 0.3 is 0 Å². The van der Waals surface area contributed by atoms with E-state index in [1.54, 1.807) is 12.3 Å². The number of nitrogens with one attached hydrogen (secondary N) is 1. The van der Waals surface area contributed by atoms with Crippen LogP contribution >= 0.6 is 0 Å². The fourth-order valence-corrected chi connectivity index (χ4v) is 1.69. The molecule has 106 valence electrons. The van der Waals surface area contributed by atoms with E-state index < -0.39 is 0 Å². The van der Waals surface area contributed by atoms with Gasteiger partial charge in [0, 0.05) is 25.5 Å². The van der Waals surface area contributed by atoms with Crippen molar-refractivity contribution in [2.45, 2.75) is 12.8 Å². The number of hydrogen-bond acceptors (Lipinski definition) is 4. The summed E-state index contributed by atoms with van der Waals surface area (Å²) in [6.45, 7) is 1.54. The van der Waals surface area contributed by atoms with Crippen LogP contribution in [0.15, 0.2) is 18.5 Å². The van der Waals surface area contributed by atoms with E-state index >= 15 is 0 Å². The molecule has 0 bridgehead atoms. The van der Waals surface area contributed by atoms with E-state index in [4.69, 9.17) is 9.84 Å². The molecule has 1 amide bonds. The molecule has 1 heterocycles. The number of aliphatic hydroxyl groups excluding tert-OH is 1. The monoisotopic (exact) mass is 274 g/mol. The summed E-state index contributed by atoms with van der Waals surface area (Å²) in [5.41, 5.74) is 0.973. The first-order valence-corrected chi connectivity index (χ1v) is 6.71. The summed E-state index contributed by atoms with van der Waals surface area (Å²) in [7, 11) is 0. The average molecular weight is 274 g/mol. The third kappa shape index (κ3) is 4.65. The zero-order valence-corrected chi connectivity index (χ0v) is 11.3. The van der Waals surface area contributed by atoms with Crippen LogP contribution < -0.4 is 5.32 Å². The Bertz CT molecular complexity index is 515. The van der Waals surface area contributed by atoms with Crippen molar-refractivity contribution in [3.05, 3.63) is 29.6 Å². The predicted octanol–water partition coefficient (Wildman–Crippen LogP) is 0.582. The Kier molecular flexibility index (Phi) is 5.54. The van der Waals surface area contributed by atoms with Gasteiger partial charge in [0.05, 0.1) is 17.7 Å². The Morgan fingerprint density at radius 2 is 2.40 bits per heavy atom. The van der Waals surface area contributed by atoms with E-state index in [2.05, 4.69) is 22.1 Å². The van der Waals surface area contributed by atoms with E-state index in [-0.39, 0.29) is 12.5 Å². The quantitative estimate of drug-likeness (QED) is 0.588. The molecule has 0 atom stereocenters. The maximum Gasteiger partial charge on any atom is 0.252 e. The van der Waals surface area contributed by atoms with Crippen LogP contribution in [0.5, 0.6) is 0 Å². The van der Waals surface area contributed by atoms with Gasteiger partial charge in [-0.1, -0.05) is 11.8 Å². The zero-order valence-electron chi connectivity index (χ0n) is 11.3. The Hall–Kier alpha value is -1.90. The highest BCUT2D eigenvalue weighted by atomic mass is 16.5. The first kappa shape index (κ1) is 14.5. The van der Waals surface area contributed by atoms with E-state index in [0.29, 0.717) is 24.3 Å². The van der Waals surface area contributed by atoms with Gasteiger partial charge in [-0.3, -0.25) is 9.78 Å². The van der Waals surface area contributed by atoms with Crippen LogP contribution in [0.25, 0.3) is 0 Å². The van der Waals surface area contributed by atoms with E-state index in [1.807, 2.05) is 0 Å². The average Bonchev–Trinajstić information content (AvgIpc) is 3.29. The third-order valence-corrected chi connectivity index (χ3v) is 2.95. The van der Waals surface area contributed by atoms with Gasteiger partial charge in [0.2, 0.25) is 0 Å². The molecule has 1 aromatic heterocycles. The van der Waals surface area contributed by atoms with Crippen molar-refractivity contribution < 1.29 is 14.6 Å². The van der Waals surface area contributed by atoms with Crippen molar-refractivity contribution >= 4 is 5.91 Å². The molecule has 1 saturated carbocycles. The smallest absolute Gasteiger partial charge is 0.252 e. The van der Waals surface area contributed by atoms with Crippen LogP contribution in [-0.2, 0) is 4.74 Å². The number of nitrogens with zero attached hydrogens (tertiary/aromatic N) is 1. The standard InChI is InChI=1S/C15H18N2O3/c18-8-1-2-13-10-16-6-5-14(13)15(19)17-7-9-20-11-12-3-4-12/h5-6,10,12,18H,3-4,7-9,11H2,(H,17,19). The molecule has 0 aromatic carbocycles. The number of aliphatic hydroxyl groups is 1. The van der Waals surface area contributed by atoms with Gasteiger partial charge in [0.1, 0.15) is 6.61 Å². The molecule has 1 fully saturated rings. The Balaban J connectivity index is 1.81. The minimum atomic E-state index is -0.245. The van der Waals surface area contributed by atoms with Crippen molar-refractivity contribution in [1.29, 1.82) is 0 Å². The summed E-state index contributed by atoms with van der Waals surface area (Å²) < 4.78 is 5.45. The lowest BCUT2D eigenvalue weighted by atomic mass is 10.1. The number of amides is 1. The minimum Gasteiger partial charge on any atom is -0.384 e. The van der Waals surface area contributed by atoms with Crippen LogP contribution in [0.4, 0.5) is 0 Å². The fourth-order valence-electron chi connectivity index (χ4n) is 1.69. The van der Waals surface area contributed by atoms with Gasteiger partial charge in [-0.2, -0.15) is 0 Å². The minimum absolute atomic E-state index is 0.204. The summed E-state index contributed by atoms with van der Waals surface area (Å²) >= 11 is 0. The summed E-state index contributed by atoms with van der Waals surface area (Å²) in [4.78, 5) is 15.9. The molecular weight excluding hydrogens is 256 g/mol. The topological polar surface area (TPSA) is 71.5 Å². The van der Waals surface area contributed by atoms with Crippen molar-refractivity contribution in [2.24, 2.45) is 5.92 Å². The van der Waals surface area contributed by atoms with E-state index in [9.17, 15) is 4.79 Å². The lowest BCUT2D eigenvalue weighted by Gasteiger charge is -2.07. The predicted molar refractivity (Wildman–Crippen MR) is 74.1 cm³/mol. The molecule has 0 radical (unpaired) electrons. The van der Waals surface area contributed by atoms with Crippen LogP contribution in [-0.4, -0.2) is 42.4 Å². The lowest BCUT2D eigenvalue weighted by Crippen LogP contribution is -2.28. The number of carbonyl (C=O) groups excluding carboxylic acids is 1. The van der Waals surface area contributed by atoms with Crippen LogP contribution in [0.2, 0.25) is 0 Å². The van der Waals surface area contributed by atoms with Crippen molar-refractivity contribution in [3.63, 3.8) is 0 Å². The van der Waals surface area contributed by atoms with Gasteiger partial charge in [-0.15, -0.1) is 0 Å². The van der Waals surface area contributed by atoms with E-state index in [1.165, 1.54) is 19.0 Å². The molecule has 1 aliphatic carbocycles. The number of hydrogen-bond donors (Lipinski definition) is 2. The Labute approximate surface area is 118 Å². The summed E-state index contributed by atoms with van der Waals surface area (Å²) in [6, 6.07) is 1.61. The van der Waals surface area contributed by atoms with Gasteiger partial charge in [0.15, 0.2) is 0 Å². The highest BCUT2D eigenvalue weighted by molar-refractivity contribution is 5.96. The second-order valence-corrected chi connectivity index (χ2v) is 4.66. The van der Waals surface area contributed by atoms with Gasteiger partial charge in [0.25, 0.3) is 5.91 Å². The molecule has 0 spiro atoms. The number of carbonyl (C=O) groups is 1. The number of pyridine rings is 1. The number of ether oxygens (including phenoxy) is 1. The summed E-state index contributed by atoms with van der Waals surface area (Å²) in [5.74, 6) is 5.75. The highest BCUT2D eigenvalue weighted by Crippen LogP contribution is 2.28. The SMILES string of the molecule is O=C(NCCOCC1CC1)c1ccncc1C#CCO. The second kappa shape index (κ2) is 7.63. The first-order valence-electron chi connectivity index (χ1n) is 6.71. The Morgan fingerprint density at radius 1 is 1.55 bits per heavy atom. The zero-order chi connectivity index (χ0) is 14.2. The lowest BCUT2D eigenvalue weighted by molar-refractivity contribution is 0.0906. The van der Waals surface area contributed by atoms with Crippen LogP contribution in [0.1, 0.15) is 28.8 Å². The fraction of sp³-hybridized carbons (Fsp3) is 0.467. The molecule has 0 aliphatic heterocycles. The molecule has 2 rings (SSSR count). The molecular formula is C15H18N2O3. The largest absolute Gasteiger partial charge is 0.384 e. The Morgan fingerprint density at radius 3 is 3.15 bits per heavy atom. The normalized spacial score (nSPS) is 13.4. The van der Waals surface area contributed by atoms with E-state index in [0.717, 1.165) is 12.5 Å². The number of rotatable bonds is 6. The second-order valence-electron chi connectivity index (χ2n) is 4.66. The highest BCUT2D eigenvalue weighted by Gasteiger charge is 2.20. The van der Waals surface area contributed by atoms with Crippen molar-refractivity contribution in [2.75, 3.05) is 26.4 Å². The van der Waals surface area contributed by atoms with Crippen LogP contribution in [0.3, 0.4) is 0 Å². The number of aromatic nitrogens is 1. The molecule has 1 aromatic rings. The maximum atomic E-state index is 12.0. The molecule has 0 saturated heterocycles. The summed E-state index contributed by atoms with van der Waals surface area (Å²) in [5, 5.41) is 11.5. The maximum absolute atomic E-state index is 12.0. The van der Waals surface area contributed by atoms with Gasteiger partial charge < -0.3 is 15.2 Å².